The van der Waals surface area contributed by atoms with Crippen LogP contribution in [0.3, 0.4) is 0 Å². The van der Waals surface area contributed by atoms with Gasteiger partial charge >= 0.3 is 0 Å². The number of rotatable bonds is 10. The molecule has 1 atom stereocenters. The summed E-state index contributed by atoms with van der Waals surface area (Å²) in [6, 6.07) is 11.9. The third kappa shape index (κ3) is 5.09. The van der Waals surface area contributed by atoms with Gasteiger partial charge in [0.1, 0.15) is 17.3 Å². The Bertz CT molecular complexity index is 1060. The van der Waals surface area contributed by atoms with Crippen LogP contribution in [0.2, 0.25) is 0 Å². The Morgan fingerprint density at radius 1 is 1.03 bits per heavy atom. The summed E-state index contributed by atoms with van der Waals surface area (Å²) in [7, 11) is 1.57. The Labute approximate surface area is 201 Å². The van der Waals surface area contributed by atoms with E-state index in [0.29, 0.717) is 36.8 Å². The molecular formula is C27H34N2O5. The van der Waals surface area contributed by atoms with Crippen LogP contribution in [0.1, 0.15) is 43.5 Å². The molecule has 34 heavy (non-hydrogen) atoms. The van der Waals surface area contributed by atoms with Crippen LogP contribution in [0, 0.1) is 6.92 Å². The van der Waals surface area contributed by atoms with Crippen molar-refractivity contribution in [3.8, 4) is 11.5 Å². The minimum Gasteiger partial charge on any atom is -0.507 e. The first-order valence-corrected chi connectivity index (χ1v) is 11.7. The number of nitrogens with zero attached hydrogens (tertiary/aromatic N) is 2. The van der Waals surface area contributed by atoms with E-state index in [4.69, 9.17) is 9.47 Å². The maximum absolute atomic E-state index is 13.2. The Kier molecular flexibility index (Phi) is 8.34. The fourth-order valence-corrected chi connectivity index (χ4v) is 4.33. The zero-order valence-electron chi connectivity index (χ0n) is 20.6. The first-order valence-electron chi connectivity index (χ1n) is 11.7. The average Bonchev–Trinajstić information content (AvgIpc) is 3.10. The predicted octanol–water partition coefficient (Wildman–Crippen LogP) is 4.17. The van der Waals surface area contributed by atoms with Gasteiger partial charge in [0, 0.05) is 18.7 Å². The molecular weight excluding hydrogens is 432 g/mol. The van der Waals surface area contributed by atoms with Crippen molar-refractivity contribution in [2.45, 2.75) is 33.7 Å². The van der Waals surface area contributed by atoms with Gasteiger partial charge in [0.2, 0.25) is 0 Å². The van der Waals surface area contributed by atoms with Crippen LogP contribution in [0.5, 0.6) is 11.5 Å². The Balaban J connectivity index is 2.11. The molecule has 0 unspecified atom stereocenters. The van der Waals surface area contributed by atoms with Gasteiger partial charge in [0.15, 0.2) is 0 Å². The number of Topliss-reactive ketones (excluding diaryl/α,β-unsaturated/α-hetero) is 1. The number of carbonyl (C=O) groups is 2. The Morgan fingerprint density at radius 2 is 1.68 bits per heavy atom. The highest BCUT2D eigenvalue weighted by molar-refractivity contribution is 6.46. The molecule has 182 valence electrons. The number of methoxy groups -OCH3 is 1. The summed E-state index contributed by atoms with van der Waals surface area (Å²) < 4.78 is 10.8. The van der Waals surface area contributed by atoms with E-state index in [0.717, 1.165) is 24.2 Å². The van der Waals surface area contributed by atoms with Crippen LogP contribution in [-0.2, 0) is 9.59 Å². The first kappa shape index (κ1) is 25.3. The van der Waals surface area contributed by atoms with Crippen LogP contribution in [0.4, 0.5) is 0 Å². The summed E-state index contributed by atoms with van der Waals surface area (Å²) in [4.78, 5) is 30.1. The van der Waals surface area contributed by atoms with E-state index in [1.54, 1.807) is 30.2 Å². The molecule has 0 bridgehead atoms. The molecule has 0 radical (unpaired) electrons. The zero-order valence-corrected chi connectivity index (χ0v) is 20.6. The molecule has 0 saturated carbocycles. The highest BCUT2D eigenvalue weighted by Crippen LogP contribution is 2.40. The minimum absolute atomic E-state index is 0.0990. The third-order valence-corrected chi connectivity index (χ3v) is 6.29. The molecule has 7 heteroatoms. The number of benzene rings is 2. The lowest BCUT2D eigenvalue weighted by Crippen LogP contribution is -2.38. The zero-order chi connectivity index (χ0) is 24.8. The molecule has 3 rings (SSSR count). The fraction of sp³-hybridized carbons (Fsp3) is 0.407. The minimum atomic E-state index is -0.687. The van der Waals surface area contributed by atoms with Gasteiger partial charge in [-0.1, -0.05) is 26.0 Å². The lowest BCUT2D eigenvalue weighted by molar-refractivity contribution is -0.140. The van der Waals surface area contributed by atoms with Gasteiger partial charge in [-0.15, -0.1) is 0 Å². The van der Waals surface area contributed by atoms with E-state index in [1.807, 2.05) is 38.1 Å². The number of likely N-dealkylation sites (N-methyl/N-ethyl adjacent to an activating group) is 1. The maximum atomic E-state index is 13.2. The van der Waals surface area contributed by atoms with Gasteiger partial charge in [-0.25, -0.2) is 0 Å². The maximum Gasteiger partial charge on any atom is 0.295 e. The van der Waals surface area contributed by atoms with Gasteiger partial charge in [0.05, 0.1) is 25.3 Å². The van der Waals surface area contributed by atoms with Gasteiger partial charge in [-0.2, -0.15) is 0 Å². The van der Waals surface area contributed by atoms with E-state index in [-0.39, 0.29) is 11.3 Å². The quantitative estimate of drug-likeness (QED) is 0.322. The highest BCUT2D eigenvalue weighted by atomic mass is 16.5. The molecule has 1 N–H and O–H groups in total. The molecule has 2 aromatic rings. The second-order valence-corrected chi connectivity index (χ2v) is 8.20. The Hall–Kier alpha value is -3.32. The summed E-state index contributed by atoms with van der Waals surface area (Å²) in [6.07, 6.45) is 0. The number of aliphatic hydroxyl groups excluding tert-OH is 1. The van der Waals surface area contributed by atoms with Crippen molar-refractivity contribution < 1.29 is 24.2 Å². The Morgan fingerprint density at radius 3 is 2.24 bits per heavy atom. The number of ketones is 1. The van der Waals surface area contributed by atoms with E-state index >= 15 is 0 Å². The van der Waals surface area contributed by atoms with Crippen molar-refractivity contribution in [1.82, 2.24) is 9.80 Å². The van der Waals surface area contributed by atoms with E-state index in [2.05, 4.69) is 18.7 Å². The SMILES string of the molecule is CCOc1ccc([C@H]2C(=C(O)c3ccc(OC)cc3C)C(=O)C(=O)N2CCN(CC)CC)cc1. The predicted molar refractivity (Wildman–Crippen MR) is 132 cm³/mol. The summed E-state index contributed by atoms with van der Waals surface area (Å²) in [5.41, 5.74) is 2.09. The van der Waals surface area contributed by atoms with Crippen molar-refractivity contribution in [2.75, 3.05) is 39.9 Å². The van der Waals surface area contributed by atoms with Gasteiger partial charge < -0.3 is 24.4 Å². The van der Waals surface area contributed by atoms with Crippen LogP contribution < -0.4 is 9.47 Å². The summed E-state index contributed by atoms with van der Waals surface area (Å²) in [5.74, 6) is -0.0956. The van der Waals surface area contributed by atoms with E-state index in [1.165, 1.54) is 0 Å². The molecule has 0 spiro atoms. The normalized spacial score (nSPS) is 17.5. The molecule has 2 aromatic carbocycles. The molecule has 1 amide bonds. The first-order chi connectivity index (χ1) is 16.4. The molecule has 1 saturated heterocycles. The van der Waals surface area contributed by atoms with Gasteiger partial charge in [0.25, 0.3) is 11.7 Å². The van der Waals surface area contributed by atoms with Crippen molar-refractivity contribution >= 4 is 17.4 Å². The topological polar surface area (TPSA) is 79.3 Å². The summed E-state index contributed by atoms with van der Waals surface area (Å²) >= 11 is 0. The third-order valence-electron chi connectivity index (χ3n) is 6.29. The second-order valence-electron chi connectivity index (χ2n) is 8.20. The van der Waals surface area contributed by atoms with Gasteiger partial charge in [-0.3, -0.25) is 9.59 Å². The number of hydrogen-bond acceptors (Lipinski definition) is 6. The van der Waals surface area contributed by atoms with Crippen LogP contribution in [0.25, 0.3) is 5.76 Å². The van der Waals surface area contributed by atoms with E-state index < -0.39 is 17.7 Å². The number of amides is 1. The molecule has 0 aliphatic carbocycles. The summed E-state index contributed by atoms with van der Waals surface area (Å²) in [5, 5.41) is 11.3. The number of ether oxygens (including phenoxy) is 2. The number of aryl methyl sites for hydroxylation is 1. The molecule has 1 heterocycles. The standard InChI is InChI=1S/C27H34N2O5/c1-6-28(7-2)15-16-29-24(19-9-11-20(12-10-19)34-8-3)23(26(31)27(29)32)25(30)22-14-13-21(33-5)17-18(22)4/h9-14,17,24,30H,6-8,15-16H2,1-5H3/t24-/m0/s1. The van der Waals surface area contributed by atoms with E-state index in [9.17, 15) is 14.7 Å². The second kappa shape index (κ2) is 11.2. The van der Waals surface area contributed by atoms with Crippen molar-refractivity contribution in [1.29, 1.82) is 0 Å². The van der Waals surface area contributed by atoms with Gasteiger partial charge in [-0.05, 0) is 68.4 Å². The molecule has 1 aliphatic heterocycles. The van der Waals surface area contributed by atoms with Crippen molar-refractivity contribution in [2.24, 2.45) is 0 Å². The lowest BCUT2D eigenvalue weighted by Gasteiger charge is -2.28. The lowest BCUT2D eigenvalue weighted by atomic mass is 9.94. The molecule has 1 fully saturated rings. The highest BCUT2D eigenvalue weighted by Gasteiger charge is 2.46. The molecule has 0 aromatic heterocycles. The van der Waals surface area contributed by atoms with Crippen LogP contribution in [0.15, 0.2) is 48.0 Å². The van der Waals surface area contributed by atoms with Crippen LogP contribution in [-0.4, -0.2) is 66.5 Å². The number of carbonyl (C=O) groups excluding carboxylic acids is 2. The largest absolute Gasteiger partial charge is 0.507 e. The van der Waals surface area contributed by atoms with Crippen LogP contribution >= 0.6 is 0 Å². The van der Waals surface area contributed by atoms with Crippen molar-refractivity contribution in [3.05, 3.63) is 64.7 Å². The monoisotopic (exact) mass is 466 g/mol. The van der Waals surface area contributed by atoms with Crippen molar-refractivity contribution in [3.63, 3.8) is 0 Å². The summed E-state index contributed by atoms with van der Waals surface area (Å²) in [6.45, 7) is 11.1. The smallest absolute Gasteiger partial charge is 0.295 e. The molecule has 1 aliphatic rings. The average molecular weight is 467 g/mol. The fourth-order valence-electron chi connectivity index (χ4n) is 4.33. The molecule has 7 nitrogen and oxygen atoms in total. The number of hydrogen-bond donors (Lipinski definition) is 1. The number of likely N-dealkylation sites (tertiary alicyclic amines) is 1. The number of aliphatic hydroxyl groups is 1.